The summed E-state index contributed by atoms with van der Waals surface area (Å²) >= 11 is 0. The van der Waals surface area contributed by atoms with Crippen LogP contribution in [0.4, 0.5) is 0 Å². The van der Waals surface area contributed by atoms with Crippen molar-refractivity contribution < 1.29 is 0 Å². The number of nitrogens with one attached hydrogen (secondary N) is 1. The first-order valence-corrected chi connectivity index (χ1v) is 5.92. The Morgan fingerprint density at radius 3 is 2.63 bits per heavy atom. The highest BCUT2D eigenvalue weighted by atomic mass is 15.1. The second-order valence-corrected chi connectivity index (χ2v) is 4.23. The van der Waals surface area contributed by atoms with E-state index >= 15 is 0 Å². The van der Waals surface area contributed by atoms with Gasteiger partial charge in [-0.3, -0.25) is 4.98 Å². The van der Waals surface area contributed by atoms with Gasteiger partial charge in [-0.05, 0) is 11.5 Å². The van der Waals surface area contributed by atoms with Crippen LogP contribution in [-0.4, -0.2) is 24.9 Å². The highest BCUT2D eigenvalue weighted by Crippen LogP contribution is 2.20. The molecule has 0 fully saturated rings. The lowest BCUT2D eigenvalue weighted by molar-refractivity contribution is 1.24. The summed E-state index contributed by atoms with van der Waals surface area (Å²) in [4.78, 5) is 20.3. The lowest BCUT2D eigenvalue weighted by Crippen LogP contribution is -1.86. The zero-order valence-corrected chi connectivity index (χ0v) is 9.91. The van der Waals surface area contributed by atoms with Crippen LogP contribution in [0.25, 0.3) is 33.6 Å². The van der Waals surface area contributed by atoms with Gasteiger partial charge < -0.3 is 4.98 Å². The summed E-state index contributed by atoms with van der Waals surface area (Å²) in [5.41, 5.74) is 2.07. The van der Waals surface area contributed by atoms with Crippen molar-refractivity contribution in [1.82, 2.24) is 24.9 Å². The molecule has 4 aromatic rings. The van der Waals surface area contributed by atoms with Gasteiger partial charge in [-0.25, -0.2) is 15.0 Å². The van der Waals surface area contributed by atoms with E-state index in [1.54, 1.807) is 12.4 Å². The van der Waals surface area contributed by atoms with Crippen molar-refractivity contribution in [1.29, 1.82) is 0 Å². The van der Waals surface area contributed by atoms with E-state index in [9.17, 15) is 0 Å². The van der Waals surface area contributed by atoms with Crippen molar-refractivity contribution >= 4 is 22.1 Å². The molecule has 1 aromatic carbocycles. The topological polar surface area (TPSA) is 67.3 Å². The average molecular weight is 247 g/mol. The van der Waals surface area contributed by atoms with Gasteiger partial charge in [-0.1, -0.05) is 24.3 Å². The molecular formula is C14H9N5. The predicted octanol–water partition coefficient (Wildman–Crippen LogP) is 2.57. The predicted molar refractivity (Wildman–Crippen MR) is 72.4 cm³/mol. The van der Waals surface area contributed by atoms with E-state index in [0.717, 1.165) is 16.5 Å². The third-order valence-corrected chi connectivity index (χ3v) is 3.01. The van der Waals surface area contributed by atoms with E-state index in [0.29, 0.717) is 17.1 Å². The first-order valence-electron chi connectivity index (χ1n) is 5.92. The van der Waals surface area contributed by atoms with Crippen LogP contribution in [0.15, 0.2) is 48.9 Å². The Hall–Kier alpha value is -2.82. The van der Waals surface area contributed by atoms with E-state index < -0.39 is 0 Å². The van der Waals surface area contributed by atoms with Crippen LogP contribution in [0.3, 0.4) is 0 Å². The fourth-order valence-electron chi connectivity index (χ4n) is 2.08. The van der Waals surface area contributed by atoms with Gasteiger partial charge >= 0.3 is 0 Å². The molecule has 0 atom stereocenters. The minimum Gasteiger partial charge on any atom is -0.320 e. The number of aromatic amines is 1. The fraction of sp³-hybridized carbons (Fsp3) is 0. The van der Waals surface area contributed by atoms with Gasteiger partial charge in [0, 0.05) is 24.0 Å². The van der Waals surface area contributed by atoms with Crippen molar-refractivity contribution in [3.05, 3.63) is 48.9 Å². The molecule has 5 nitrogen and oxygen atoms in total. The van der Waals surface area contributed by atoms with Gasteiger partial charge in [0.05, 0.1) is 0 Å². The molecule has 5 heteroatoms. The zero-order chi connectivity index (χ0) is 12.7. The van der Waals surface area contributed by atoms with Crippen LogP contribution < -0.4 is 0 Å². The van der Waals surface area contributed by atoms with Crippen LogP contribution >= 0.6 is 0 Å². The highest BCUT2D eigenvalue weighted by Gasteiger charge is 2.08. The fourth-order valence-corrected chi connectivity index (χ4v) is 2.08. The van der Waals surface area contributed by atoms with Gasteiger partial charge in [-0.15, -0.1) is 0 Å². The van der Waals surface area contributed by atoms with Gasteiger partial charge in [0.1, 0.15) is 5.69 Å². The molecule has 0 saturated carbocycles. The first-order chi connectivity index (χ1) is 9.40. The summed E-state index contributed by atoms with van der Waals surface area (Å²) in [5.74, 6) is 0.687. The largest absolute Gasteiger partial charge is 0.320 e. The van der Waals surface area contributed by atoms with Crippen molar-refractivity contribution in [3.8, 4) is 11.5 Å². The Kier molecular flexibility index (Phi) is 2.05. The third-order valence-electron chi connectivity index (χ3n) is 3.01. The number of rotatable bonds is 1. The quantitative estimate of drug-likeness (QED) is 0.561. The Labute approximate surface area is 108 Å². The first kappa shape index (κ1) is 10.1. The number of benzene rings is 1. The maximum atomic E-state index is 4.42. The van der Waals surface area contributed by atoms with Gasteiger partial charge in [0.2, 0.25) is 0 Å². The standard InChI is InChI=1S/C14H9N5/c1-2-4-10-8-17-11(7-9(10)3-1)12-18-13-14(19-12)16-6-5-15-13/h1-8H,(H,15,16,18,19). The van der Waals surface area contributed by atoms with Crippen molar-refractivity contribution in [2.24, 2.45) is 0 Å². The van der Waals surface area contributed by atoms with Crippen LogP contribution in [0.1, 0.15) is 0 Å². The van der Waals surface area contributed by atoms with Crippen molar-refractivity contribution in [2.45, 2.75) is 0 Å². The average Bonchev–Trinajstić information content (AvgIpc) is 2.90. The van der Waals surface area contributed by atoms with E-state index in [1.165, 1.54) is 0 Å². The van der Waals surface area contributed by atoms with E-state index in [1.807, 2.05) is 30.5 Å². The van der Waals surface area contributed by atoms with Gasteiger partial charge in [0.15, 0.2) is 17.1 Å². The minimum atomic E-state index is 0.604. The smallest absolute Gasteiger partial charge is 0.197 e. The second-order valence-electron chi connectivity index (χ2n) is 4.23. The monoisotopic (exact) mass is 247 g/mol. The molecule has 0 aliphatic carbocycles. The number of aromatic nitrogens is 5. The molecule has 0 aliphatic rings. The SMILES string of the molecule is c1ccc2cc(-c3nc4nccnc4[nH]3)ncc2c1. The number of pyridine rings is 1. The molecule has 0 spiro atoms. The Bertz CT molecular complexity index is 848. The van der Waals surface area contributed by atoms with E-state index in [-0.39, 0.29) is 0 Å². The summed E-state index contributed by atoms with van der Waals surface area (Å²) < 4.78 is 0. The molecule has 0 bridgehead atoms. The maximum Gasteiger partial charge on any atom is 0.197 e. The summed E-state index contributed by atoms with van der Waals surface area (Å²) in [6.07, 6.45) is 5.11. The number of hydrogen-bond donors (Lipinski definition) is 1. The van der Waals surface area contributed by atoms with Gasteiger partial charge in [-0.2, -0.15) is 0 Å². The number of hydrogen-bond acceptors (Lipinski definition) is 4. The lowest BCUT2D eigenvalue weighted by Gasteiger charge is -1.99. The highest BCUT2D eigenvalue weighted by molar-refractivity contribution is 5.85. The third kappa shape index (κ3) is 1.63. The number of imidazole rings is 1. The molecule has 0 unspecified atom stereocenters. The molecule has 0 amide bonds. The summed E-state index contributed by atoms with van der Waals surface area (Å²) in [7, 11) is 0. The van der Waals surface area contributed by atoms with E-state index in [2.05, 4.69) is 31.0 Å². The van der Waals surface area contributed by atoms with Crippen molar-refractivity contribution in [2.75, 3.05) is 0 Å². The zero-order valence-electron chi connectivity index (χ0n) is 9.91. The van der Waals surface area contributed by atoms with Crippen molar-refractivity contribution in [3.63, 3.8) is 0 Å². The van der Waals surface area contributed by atoms with E-state index in [4.69, 9.17) is 0 Å². The number of H-pyrrole nitrogens is 1. The lowest BCUT2D eigenvalue weighted by atomic mass is 10.1. The summed E-state index contributed by atoms with van der Waals surface area (Å²) in [6.45, 7) is 0. The van der Waals surface area contributed by atoms with Crippen LogP contribution in [0, 0.1) is 0 Å². The molecule has 1 N–H and O–H groups in total. The molecule has 19 heavy (non-hydrogen) atoms. The summed E-state index contributed by atoms with van der Waals surface area (Å²) in [6, 6.07) is 10.1. The number of nitrogens with zero attached hydrogens (tertiary/aromatic N) is 4. The molecule has 0 saturated heterocycles. The molecule has 90 valence electrons. The molecule has 3 heterocycles. The van der Waals surface area contributed by atoms with Crippen LogP contribution in [-0.2, 0) is 0 Å². The molecule has 3 aromatic heterocycles. The Morgan fingerprint density at radius 1 is 0.895 bits per heavy atom. The molecule has 0 radical (unpaired) electrons. The minimum absolute atomic E-state index is 0.604. The Morgan fingerprint density at radius 2 is 1.74 bits per heavy atom. The second kappa shape index (κ2) is 3.84. The number of fused-ring (bicyclic) bond motifs is 2. The normalized spacial score (nSPS) is 11.2. The Balaban J connectivity index is 1.93. The molecule has 4 rings (SSSR count). The van der Waals surface area contributed by atoms with Gasteiger partial charge in [0.25, 0.3) is 0 Å². The van der Waals surface area contributed by atoms with Crippen LogP contribution in [0.5, 0.6) is 0 Å². The molecule has 0 aliphatic heterocycles. The summed E-state index contributed by atoms with van der Waals surface area (Å²) in [5, 5.41) is 2.24. The molecular weight excluding hydrogens is 238 g/mol. The van der Waals surface area contributed by atoms with Crippen LogP contribution in [0.2, 0.25) is 0 Å². The maximum absolute atomic E-state index is 4.42.